The Morgan fingerprint density at radius 1 is 1.45 bits per heavy atom. The number of fused-ring (bicyclic) bond motifs is 1. The van der Waals surface area contributed by atoms with Crippen LogP contribution in [0.2, 0.25) is 0 Å². The van der Waals surface area contributed by atoms with E-state index in [4.69, 9.17) is 15.0 Å². The summed E-state index contributed by atoms with van der Waals surface area (Å²) in [6.45, 7) is 1.17. The average Bonchev–Trinajstić information content (AvgIpc) is 2.99. The first kappa shape index (κ1) is 13.4. The summed E-state index contributed by atoms with van der Waals surface area (Å²) >= 11 is 0. The molecule has 0 aliphatic heterocycles. The number of nitrogens with zero attached hydrogens (tertiary/aromatic N) is 2. The van der Waals surface area contributed by atoms with Crippen LogP contribution < -0.4 is 5.73 Å². The van der Waals surface area contributed by atoms with Gasteiger partial charge in [0.2, 0.25) is 0 Å². The number of methoxy groups -OCH3 is 1. The molecule has 0 amide bonds. The number of aromatic nitrogens is 2. The van der Waals surface area contributed by atoms with Crippen molar-refractivity contribution < 1.29 is 9.26 Å². The van der Waals surface area contributed by atoms with Crippen LogP contribution in [0.15, 0.2) is 23.0 Å². The standard InChI is InChI=1S/C15H21N3O2/c1-19-10-13-6-12(17-20-13)8-18-7-11-4-2-3-5-15(16)14(11)9-18/h6-7,9,15H,2-5,8,10,16H2,1H3. The van der Waals surface area contributed by atoms with Gasteiger partial charge in [0.25, 0.3) is 0 Å². The normalized spacial score (nSPS) is 18.8. The molecule has 5 heteroatoms. The van der Waals surface area contributed by atoms with E-state index in [0.717, 1.165) is 24.3 Å². The highest BCUT2D eigenvalue weighted by molar-refractivity contribution is 5.29. The summed E-state index contributed by atoms with van der Waals surface area (Å²) < 4.78 is 12.4. The van der Waals surface area contributed by atoms with E-state index < -0.39 is 0 Å². The molecular formula is C15H21N3O2. The van der Waals surface area contributed by atoms with E-state index in [1.165, 1.54) is 24.0 Å². The van der Waals surface area contributed by atoms with Gasteiger partial charge in [-0.05, 0) is 30.4 Å². The third-order valence-electron chi connectivity index (χ3n) is 3.85. The molecule has 0 fully saturated rings. The summed E-state index contributed by atoms with van der Waals surface area (Å²) in [6.07, 6.45) is 9.02. The number of ether oxygens (including phenoxy) is 1. The van der Waals surface area contributed by atoms with Crippen molar-refractivity contribution >= 4 is 0 Å². The highest BCUT2D eigenvalue weighted by Crippen LogP contribution is 2.27. The van der Waals surface area contributed by atoms with Gasteiger partial charge >= 0.3 is 0 Å². The molecule has 5 nitrogen and oxygen atoms in total. The van der Waals surface area contributed by atoms with Crippen LogP contribution >= 0.6 is 0 Å². The van der Waals surface area contributed by atoms with E-state index in [9.17, 15) is 0 Å². The van der Waals surface area contributed by atoms with Gasteiger partial charge in [-0.1, -0.05) is 11.6 Å². The summed E-state index contributed by atoms with van der Waals surface area (Å²) in [5.74, 6) is 0.757. The molecule has 3 rings (SSSR count). The van der Waals surface area contributed by atoms with Gasteiger partial charge in [-0.2, -0.15) is 0 Å². The number of nitrogens with two attached hydrogens (primary N) is 1. The second-order valence-electron chi connectivity index (χ2n) is 5.48. The molecule has 2 N–H and O–H groups in total. The van der Waals surface area contributed by atoms with Crippen LogP contribution in [0.3, 0.4) is 0 Å². The molecule has 0 bridgehead atoms. The molecular weight excluding hydrogens is 254 g/mol. The fraction of sp³-hybridized carbons (Fsp3) is 0.533. The molecule has 1 unspecified atom stereocenters. The number of rotatable bonds is 4. The first-order valence-corrected chi connectivity index (χ1v) is 7.14. The minimum atomic E-state index is 0.176. The Balaban J connectivity index is 1.76. The third kappa shape index (κ3) is 2.78. The maximum Gasteiger partial charge on any atom is 0.162 e. The molecule has 2 heterocycles. The Morgan fingerprint density at radius 2 is 2.35 bits per heavy atom. The van der Waals surface area contributed by atoms with E-state index in [-0.39, 0.29) is 6.04 Å². The first-order chi connectivity index (χ1) is 9.76. The van der Waals surface area contributed by atoms with E-state index >= 15 is 0 Å². The van der Waals surface area contributed by atoms with Crippen molar-refractivity contribution in [3.05, 3.63) is 41.0 Å². The number of hydrogen-bond acceptors (Lipinski definition) is 4. The van der Waals surface area contributed by atoms with Crippen molar-refractivity contribution in [2.75, 3.05) is 7.11 Å². The molecule has 0 aromatic carbocycles. The lowest BCUT2D eigenvalue weighted by molar-refractivity contribution is 0.155. The highest BCUT2D eigenvalue weighted by Gasteiger charge is 2.17. The van der Waals surface area contributed by atoms with Gasteiger partial charge in [-0.3, -0.25) is 0 Å². The maximum absolute atomic E-state index is 6.23. The van der Waals surface area contributed by atoms with Crippen molar-refractivity contribution in [2.24, 2.45) is 5.73 Å². The van der Waals surface area contributed by atoms with Crippen molar-refractivity contribution in [2.45, 2.75) is 44.9 Å². The zero-order valence-corrected chi connectivity index (χ0v) is 11.8. The van der Waals surface area contributed by atoms with Crippen LogP contribution in [0.5, 0.6) is 0 Å². The number of aryl methyl sites for hydroxylation is 1. The van der Waals surface area contributed by atoms with Gasteiger partial charge in [0.15, 0.2) is 5.76 Å². The SMILES string of the molecule is COCc1cc(Cn2cc3c(c2)C(N)CCCC3)no1. The van der Waals surface area contributed by atoms with Gasteiger partial charge in [0.05, 0.1) is 6.54 Å². The minimum Gasteiger partial charge on any atom is -0.377 e. The second-order valence-corrected chi connectivity index (χ2v) is 5.48. The second kappa shape index (κ2) is 5.81. The summed E-state index contributed by atoms with van der Waals surface area (Å²) in [5.41, 5.74) is 9.82. The smallest absolute Gasteiger partial charge is 0.162 e. The summed E-state index contributed by atoms with van der Waals surface area (Å²) in [6, 6.07) is 2.12. The lowest BCUT2D eigenvalue weighted by Crippen LogP contribution is -2.09. The van der Waals surface area contributed by atoms with Gasteiger partial charge < -0.3 is 19.6 Å². The van der Waals surface area contributed by atoms with Crippen LogP contribution in [-0.2, 0) is 24.3 Å². The van der Waals surface area contributed by atoms with Crippen LogP contribution in [-0.4, -0.2) is 16.8 Å². The Bertz CT molecular complexity index is 573. The van der Waals surface area contributed by atoms with Gasteiger partial charge in [-0.15, -0.1) is 0 Å². The first-order valence-electron chi connectivity index (χ1n) is 7.14. The highest BCUT2D eigenvalue weighted by atomic mass is 16.5. The fourth-order valence-corrected chi connectivity index (χ4v) is 2.87. The Hall–Kier alpha value is -1.59. The molecule has 0 saturated carbocycles. The van der Waals surface area contributed by atoms with E-state index in [2.05, 4.69) is 22.1 Å². The zero-order chi connectivity index (χ0) is 13.9. The molecule has 0 saturated heterocycles. The minimum absolute atomic E-state index is 0.176. The Kier molecular flexibility index (Phi) is 3.89. The fourth-order valence-electron chi connectivity index (χ4n) is 2.87. The molecule has 20 heavy (non-hydrogen) atoms. The zero-order valence-electron chi connectivity index (χ0n) is 11.8. The monoisotopic (exact) mass is 275 g/mol. The van der Waals surface area contributed by atoms with Crippen LogP contribution in [0.1, 0.15) is 47.9 Å². The van der Waals surface area contributed by atoms with Gasteiger partial charge in [-0.25, -0.2) is 0 Å². The molecule has 1 aliphatic carbocycles. The number of hydrogen-bond donors (Lipinski definition) is 1. The van der Waals surface area contributed by atoms with Crippen molar-refractivity contribution in [1.29, 1.82) is 0 Å². The van der Waals surface area contributed by atoms with Crippen LogP contribution in [0, 0.1) is 0 Å². The summed E-state index contributed by atoms with van der Waals surface area (Å²) in [4.78, 5) is 0. The lowest BCUT2D eigenvalue weighted by atomic mass is 10.1. The van der Waals surface area contributed by atoms with E-state index in [1.807, 2.05) is 6.07 Å². The Labute approximate surface area is 118 Å². The van der Waals surface area contributed by atoms with Crippen molar-refractivity contribution in [1.82, 2.24) is 9.72 Å². The topological polar surface area (TPSA) is 66.2 Å². The van der Waals surface area contributed by atoms with Crippen molar-refractivity contribution in [3.8, 4) is 0 Å². The molecule has 108 valence electrons. The largest absolute Gasteiger partial charge is 0.377 e. The van der Waals surface area contributed by atoms with Crippen LogP contribution in [0.4, 0.5) is 0 Å². The van der Waals surface area contributed by atoms with Crippen LogP contribution in [0.25, 0.3) is 0 Å². The predicted octanol–water partition coefficient (Wildman–Crippen LogP) is 2.40. The van der Waals surface area contributed by atoms with E-state index in [1.54, 1.807) is 7.11 Å². The summed E-state index contributed by atoms with van der Waals surface area (Å²) in [5, 5.41) is 4.07. The molecule has 0 radical (unpaired) electrons. The molecule has 2 aromatic heterocycles. The van der Waals surface area contributed by atoms with Crippen molar-refractivity contribution in [3.63, 3.8) is 0 Å². The summed E-state index contributed by atoms with van der Waals surface area (Å²) in [7, 11) is 1.65. The molecule has 1 aliphatic rings. The average molecular weight is 275 g/mol. The van der Waals surface area contributed by atoms with Gasteiger partial charge in [0.1, 0.15) is 12.3 Å². The molecule has 0 spiro atoms. The Morgan fingerprint density at radius 3 is 3.20 bits per heavy atom. The third-order valence-corrected chi connectivity index (χ3v) is 3.85. The molecule has 2 aromatic rings. The predicted molar refractivity (Wildman–Crippen MR) is 75.2 cm³/mol. The lowest BCUT2D eigenvalue weighted by Gasteiger charge is -2.07. The maximum atomic E-state index is 6.23. The van der Waals surface area contributed by atoms with Gasteiger partial charge in [0, 0.05) is 31.6 Å². The quantitative estimate of drug-likeness (QED) is 0.870. The van der Waals surface area contributed by atoms with E-state index in [0.29, 0.717) is 13.2 Å². The molecule has 1 atom stereocenters.